The number of hydrogen-bond donors (Lipinski definition) is 0. The van der Waals surface area contributed by atoms with E-state index in [9.17, 15) is 35.7 Å². The first-order valence-corrected chi connectivity index (χ1v) is 10.1. The van der Waals surface area contributed by atoms with Crippen molar-refractivity contribution in [2.75, 3.05) is 15.2 Å². The van der Waals surface area contributed by atoms with Gasteiger partial charge < -0.3 is 0 Å². The molecule has 0 atom stereocenters. The monoisotopic (exact) mass is 386 g/mol. The van der Waals surface area contributed by atoms with Crippen molar-refractivity contribution >= 4 is 31.4 Å². The SMILES string of the molecule is CCCS(=O)(=O)N(c1c([N+](=O)[O-])ccc(F)c1F)S(=O)(=O)CCC. The molecule has 0 aliphatic carbocycles. The van der Waals surface area contributed by atoms with Gasteiger partial charge in [0.25, 0.3) is 5.69 Å². The summed E-state index contributed by atoms with van der Waals surface area (Å²) in [6.07, 6.45) is -0.0452. The number of nitrogens with zero attached hydrogens (tertiary/aromatic N) is 2. The van der Waals surface area contributed by atoms with Crippen molar-refractivity contribution in [3.8, 4) is 0 Å². The van der Waals surface area contributed by atoms with Gasteiger partial charge in [-0.2, -0.15) is 3.71 Å². The molecular weight excluding hydrogens is 370 g/mol. The molecule has 0 N–H and O–H groups in total. The highest BCUT2D eigenvalue weighted by molar-refractivity contribution is 8.10. The maximum absolute atomic E-state index is 14.2. The zero-order valence-corrected chi connectivity index (χ0v) is 14.5. The van der Waals surface area contributed by atoms with E-state index in [1.807, 2.05) is 0 Å². The molecule has 0 heterocycles. The second kappa shape index (κ2) is 7.38. The summed E-state index contributed by atoms with van der Waals surface area (Å²) < 4.78 is 76.6. The van der Waals surface area contributed by atoms with Crippen LogP contribution in [0.5, 0.6) is 0 Å². The van der Waals surface area contributed by atoms with E-state index in [2.05, 4.69) is 0 Å². The van der Waals surface area contributed by atoms with E-state index in [4.69, 9.17) is 0 Å². The molecule has 0 aromatic heterocycles. The van der Waals surface area contributed by atoms with Gasteiger partial charge in [0, 0.05) is 6.07 Å². The summed E-state index contributed by atoms with van der Waals surface area (Å²) in [5.41, 5.74) is -2.59. The molecule has 8 nitrogen and oxygen atoms in total. The van der Waals surface area contributed by atoms with Gasteiger partial charge in [0.2, 0.25) is 20.0 Å². The summed E-state index contributed by atoms with van der Waals surface area (Å²) in [6.45, 7) is 2.86. The molecular formula is C12H16F2N2O6S2. The van der Waals surface area contributed by atoms with Crippen molar-refractivity contribution in [1.82, 2.24) is 0 Å². The van der Waals surface area contributed by atoms with Gasteiger partial charge in [0.15, 0.2) is 17.3 Å². The van der Waals surface area contributed by atoms with Crippen LogP contribution in [0.4, 0.5) is 20.2 Å². The van der Waals surface area contributed by atoms with Gasteiger partial charge in [-0.3, -0.25) is 10.1 Å². The summed E-state index contributed by atoms with van der Waals surface area (Å²) in [4.78, 5) is 9.89. The van der Waals surface area contributed by atoms with E-state index >= 15 is 0 Å². The second-order valence-electron chi connectivity index (χ2n) is 4.82. The third kappa shape index (κ3) is 3.98. The van der Waals surface area contributed by atoms with Gasteiger partial charge in [-0.25, -0.2) is 25.6 Å². The van der Waals surface area contributed by atoms with Gasteiger partial charge in [-0.1, -0.05) is 13.8 Å². The number of nitro groups is 1. The molecule has 1 rings (SSSR count). The smallest absolute Gasteiger partial charge is 0.258 e. The van der Waals surface area contributed by atoms with Crippen molar-refractivity contribution in [1.29, 1.82) is 0 Å². The standard InChI is InChI=1S/C12H16F2N2O6S2/c1-3-7-23(19,20)16(24(21,22)8-4-2)12-10(15(17)18)6-5-9(13)11(12)14/h5-6H,3-4,7-8H2,1-2H3. The van der Waals surface area contributed by atoms with Gasteiger partial charge in [-0.15, -0.1) is 0 Å². The molecule has 0 spiro atoms. The minimum Gasteiger partial charge on any atom is -0.258 e. The summed E-state index contributed by atoms with van der Waals surface area (Å²) in [6, 6.07) is 0.942. The van der Waals surface area contributed by atoms with Gasteiger partial charge in [0.05, 0.1) is 16.4 Å². The Morgan fingerprint density at radius 3 is 1.88 bits per heavy atom. The van der Waals surface area contributed by atoms with E-state index in [0.29, 0.717) is 12.1 Å². The first kappa shape index (κ1) is 20.2. The summed E-state index contributed by atoms with van der Waals surface area (Å²) >= 11 is 0. The number of sulfonamides is 2. The molecule has 0 fully saturated rings. The van der Waals surface area contributed by atoms with Crippen LogP contribution in [0.3, 0.4) is 0 Å². The third-order valence-corrected chi connectivity index (χ3v) is 7.44. The normalized spacial score (nSPS) is 12.2. The molecule has 0 aliphatic heterocycles. The Balaban J connectivity index is 3.88. The van der Waals surface area contributed by atoms with Crippen LogP contribution in [0.15, 0.2) is 12.1 Å². The first-order valence-electron chi connectivity index (χ1n) is 6.87. The van der Waals surface area contributed by atoms with Gasteiger partial charge >= 0.3 is 0 Å². The molecule has 24 heavy (non-hydrogen) atoms. The van der Waals surface area contributed by atoms with Crippen LogP contribution in [0, 0.1) is 21.7 Å². The molecule has 0 bridgehead atoms. The van der Waals surface area contributed by atoms with E-state index in [-0.39, 0.29) is 16.6 Å². The summed E-state index contributed by atoms with van der Waals surface area (Å²) in [5.74, 6) is -4.92. The highest BCUT2D eigenvalue weighted by Gasteiger charge is 2.40. The Bertz CT molecular complexity index is 803. The number of anilines is 1. The topological polar surface area (TPSA) is 115 Å². The van der Waals surface area contributed by atoms with Crippen LogP contribution < -0.4 is 3.71 Å². The minimum atomic E-state index is -4.67. The average Bonchev–Trinajstić information content (AvgIpc) is 2.42. The Morgan fingerprint density at radius 2 is 1.50 bits per heavy atom. The number of hydrogen-bond acceptors (Lipinski definition) is 6. The van der Waals surface area contributed by atoms with E-state index in [1.165, 1.54) is 13.8 Å². The molecule has 0 saturated heterocycles. The molecule has 0 aliphatic rings. The molecule has 0 unspecified atom stereocenters. The maximum atomic E-state index is 14.2. The Labute approximate surface area is 138 Å². The van der Waals surface area contributed by atoms with Crippen LogP contribution in [-0.2, 0) is 20.0 Å². The van der Waals surface area contributed by atoms with Crippen molar-refractivity contribution < 1.29 is 30.5 Å². The maximum Gasteiger partial charge on any atom is 0.298 e. The fourth-order valence-corrected chi connectivity index (χ4v) is 6.08. The second-order valence-corrected chi connectivity index (χ2v) is 8.92. The van der Waals surface area contributed by atoms with Crippen molar-refractivity contribution in [2.24, 2.45) is 0 Å². The highest BCUT2D eigenvalue weighted by atomic mass is 32.3. The minimum absolute atomic E-state index is 0.0226. The largest absolute Gasteiger partial charge is 0.298 e. The number of rotatable bonds is 8. The molecule has 0 amide bonds. The quantitative estimate of drug-likeness (QED) is 0.499. The van der Waals surface area contributed by atoms with E-state index in [1.54, 1.807) is 0 Å². The van der Waals surface area contributed by atoms with Crippen LogP contribution in [0.2, 0.25) is 0 Å². The lowest BCUT2D eigenvalue weighted by atomic mass is 10.2. The van der Waals surface area contributed by atoms with Crippen LogP contribution in [0.25, 0.3) is 0 Å². The van der Waals surface area contributed by atoms with Gasteiger partial charge in [0.1, 0.15) is 0 Å². The van der Waals surface area contributed by atoms with Crippen molar-refractivity contribution in [3.05, 3.63) is 33.9 Å². The lowest BCUT2D eigenvalue weighted by Crippen LogP contribution is -2.41. The van der Waals surface area contributed by atoms with E-state index < -0.39 is 59.5 Å². The van der Waals surface area contributed by atoms with E-state index in [0.717, 1.165) is 0 Å². The zero-order chi connectivity index (χ0) is 18.7. The number of benzene rings is 1. The molecule has 136 valence electrons. The predicted molar refractivity (Wildman–Crippen MR) is 83.6 cm³/mol. The Morgan fingerprint density at radius 1 is 1.04 bits per heavy atom. The lowest BCUT2D eigenvalue weighted by Gasteiger charge is -2.23. The Hall–Kier alpha value is -1.82. The average molecular weight is 386 g/mol. The molecule has 0 saturated carbocycles. The first-order chi connectivity index (χ1) is 11.0. The van der Waals surface area contributed by atoms with Crippen LogP contribution in [0.1, 0.15) is 26.7 Å². The van der Waals surface area contributed by atoms with Gasteiger partial charge in [-0.05, 0) is 18.9 Å². The predicted octanol–water partition coefficient (Wildman–Crippen LogP) is 2.16. The van der Waals surface area contributed by atoms with Crippen molar-refractivity contribution in [3.63, 3.8) is 0 Å². The highest BCUT2D eigenvalue weighted by Crippen LogP contribution is 2.36. The van der Waals surface area contributed by atoms with Crippen LogP contribution >= 0.6 is 0 Å². The fraction of sp³-hybridized carbons (Fsp3) is 0.500. The van der Waals surface area contributed by atoms with Crippen LogP contribution in [-0.4, -0.2) is 33.3 Å². The fourth-order valence-electron chi connectivity index (χ4n) is 1.98. The zero-order valence-electron chi connectivity index (χ0n) is 12.9. The number of nitro benzene ring substituents is 1. The molecule has 0 radical (unpaired) electrons. The molecule has 12 heteroatoms. The number of halogens is 2. The summed E-state index contributed by atoms with van der Waals surface area (Å²) in [5, 5.41) is 11.1. The van der Waals surface area contributed by atoms with Crippen molar-refractivity contribution in [2.45, 2.75) is 26.7 Å². The lowest BCUT2D eigenvalue weighted by molar-refractivity contribution is -0.384. The molecule has 1 aromatic rings. The molecule has 1 aromatic carbocycles. The summed E-state index contributed by atoms with van der Waals surface area (Å²) in [7, 11) is -9.33. The third-order valence-electron chi connectivity index (χ3n) is 2.86. The Kier molecular flexibility index (Phi) is 6.22.